The van der Waals surface area contributed by atoms with Crippen LogP contribution >= 0.6 is 27.3 Å². The first-order valence-electron chi connectivity index (χ1n) is 4.48. The van der Waals surface area contributed by atoms with Crippen molar-refractivity contribution in [2.75, 3.05) is 5.32 Å². The molecule has 78 valence electrons. The van der Waals surface area contributed by atoms with Crippen molar-refractivity contribution >= 4 is 38.1 Å². The number of nitrogens with one attached hydrogen (secondary N) is 1. The van der Waals surface area contributed by atoms with E-state index in [1.165, 1.54) is 22.5 Å². The molecule has 0 spiro atoms. The van der Waals surface area contributed by atoms with Gasteiger partial charge in [0.1, 0.15) is 0 Å². The number of nitrogens with zero attached hydrogens (tertiary/aromatic N) is 2. The number of hydrogen-bond acceptors (Lipinski definition) is 4. The highest BCUT2D eigenvalue weighted by atomic mass is 79.9. The van der Waals surface area contributed by atoms with Crippen LogP contribution in [0.1, 0.15) is 11.1 Å². The molecule has 0 aliphatic carbocycles. The monoisotopic (exact) mass is 283 g/mol. The average Bonchev–Trinajstić information content (AvgIpc) is 2.56. The molecule has 5 heteroatoms. The molecule has 3 nitrogen and oxygen atoms in total. The van der Waals surface area contributed by atoms with Crippen molar-refractivity contribution in [3.63, 3.8) is 0 Å². The summed E-state index contributed by atoms with van der Waals surface area (Å²) in [6.45, 7) is 4.16. The Hall–Kier alpha value is -0.940. The van der Waals surface area contributed by atoms with Crippen LogP contribution in [0.4, 0.5) is 10.8 Å². The van der Waals surface area contributed by atoms with Gasteiger partial charge in [0, 0.05) is 5.69 Å². The zero-order valence-electron chi connectivity index (χ0n) is 8.41. The average molecular weight is 284 g/mol. The molecule has 1 N–H and O–H groups in total. The number of aromatic nitrogens is 2. The lowest BCUT2D eigenvalue weighted by Crippen LogP contribution is -1.92. The molecule has 1 heterocycles. The number of benzene rings is 1. The first-order valence-corrected chi connectivity index (χ1v) is 6.09. The number of aryl methyl sites for hydroxylation is 2. The molecule has 0 aliphatic heterocycles. The zero-order valence-corrected chi connectivity index (χ0v) is 10.8. The summed E-state index contributed by atoms with van der Waals surface area (Å²) in [6, 6.07) is 6.27. The highest BCUT2D eigenvalue weighted by molar-refractivity contribution is 9.11. The maximum absolute atomic E-state index is 3.99. The van der Waals surface area contributed by atoms with Gasteiger partial charge in [-0.3, -0.25) is 0 Å². The highest BCUT2D eigenvalue weighted by Crippen LogP contribution is 2.25. The largest absolute Gasteiger partial charge is 0.330 e. The highest BCUT2D eigenvalue weighted by Gasteiger charge is 2.03. The van der Waals surface area contributed by atoms with Gasteiger partial charge in [0.2, 0.25) is 5.13 Å². The Morgan fingerprint density at radius 1 is 1.27 bits per heavy atom. The molecule has 0 saturated heterocycles. The summed E-state index contributed by atoms with van der Waals surface area (Å²) >= 11 is 4.76. The summed E-state index contributed by atoms with van der Waals surface area (Å²) in [5.74, 6) is 0. The van der Waals surface area contributed by atoms with Crippen molar-refractivity contribution in [3.8, 4) is 0 Å². The summed E-state index contributed by atoms with van der Waals surface area (Å²) in [5, 5.41) is 11.9. The van der Waals surface area contributed by atoms with Gasteiger partial charge in [-0.25, -0.2) is 0 Å². The Kier molecular flexibility index (Phi) is 3.02. The molecular formula is C10H10BrN3S. The zero-order chi connectivity index (χ0) is 10.8. The lowest BCUT2D eigenvalue weighted by Gasteiger charge is -2.06. The van der Waals surface area contributed by atoms with Crippen molar-refractivity contribution in [2.45, 2.75) is 13.8 Å². The van der Waals surface area contributed by atoms with E-state index in [4.69, 9.17) is 0 Å². The molecule has 0 aliphatic rings. The minimum absolute atomic E-state index is 0.787. The van der Waals surface area contributed by atoms with Gasteiger partial charge >= 0.3 is 0 Å². The fourth-order valence-corrected chi connectivity index (χ4v) is 2.35. The van der Waals surface area contributed by atoms with E-state index in [9.17, 15) is 0 Å². The quantitative estimate of drug-likeness (QED) is 0.914. The van der Waals surface area contributed by atoms with Crippen LogP contribution in [-0.4, -0.2) is 10.2 Å². The molecule has 2 rings (SSSR count). The summed E-state index contributed by atoms with van der Waals surface area (Å²) in [7, 11) is 0. The first kappa shape index (κ1) is 10.6. The first-order chi connectivity index (χ1) is 7.15. The van der Waals surface area contributed by atoms with E-state index in [0.29, 0.717) is 0 Å². The van der Waals surface area contributed by atoms with Crippen LogP contribution in [0, 0.1) is 13.8 Å². The Bertz CT molecular complexity index is 481. The van der Waals surface area contributed by atoms with E-state index in [0.717, 1.165) is 14.7 Å². The van der Waals surface area contributed by atoms with Gasteiger partial charge < -0.3 is 5.32 Å². The van der Waals surface area contributed by atoms with E-state index >= 15 is 0 Å². The number of halogens is 1. The minimum Gasteiger partial charge on any atom is -0.330 e. The summed E-state index contributed by atoms with van der Waals surface area (Å²) in [4.78, 5) is 0. The maximum atomic E-state index is 3.99. The molecule has 0 unspecified atom stereocenters. The smallest absolute Gasteiger partial charge is 0.210 e. The van der Waals surface area contributed by atoms with E-state index in [2.05, 4.69) is 63.5 Å². The van der Waals surface area contributed by atoms with Gasteiger partial charge in [0.25, 0.3) is 0 Å². The molecule has 0 fully saturated rings. The predicted octanol–water partition coefficient (Wildman–Crippen LogP) is 3.66. The molecule has 0 amide bonds. The van der Waals surface area contributed by atoms with E-state index in [1.54, 1.807) is 0 Å². The topological polar surface area (TPSA) is 37.8 Å². The molecule has 0 saturated carbocycles. The second-order valence-corrected chi connectivity index (χ2v) is 5.56. The molecule has 0 radical (unpaired) electrons. The van der Waals surface area contributed by atoms with Crippen LogP contribution in [-0.2, 0) is 0 Å². The predicted molar refractivity (Wildman–Crippen MR) is 66.8 cm³/mol. The third-order valence-corrected chi connectivity index (χ3v) is 3.30. The van der Waals surface area contributed by atoms with Crippen LogP contribution in [0.2, 0.25) is 0 Å². The van der Waals surface area contributed by atoms with Gasteiger partial charge in [-0.1, -0.05) is 29.0 Å². The third-order valence-electron chi connectivity index (χ3n) is 2.02. The fraction of sp³-hybridized carbons (Fsp3) is 0.200. The van der Waals surface area contributed by atoms with E-state index in [-0.39, 0.29) is 0 Å². The molecule has 15 heavy (non-hydrogen) atoms. The van der Waals surface area contributed by atoms with Gasteiger partial charge in [0.15, 0.2) is 3.92 Å². The van der Waals surface area contributed by atoms with Crippen LogP contribution in [0.25, 0.3) is 0 Å². The molecule has 1 aromatic heterocycles. The van der Waals surface area contributed by atoms with Crippen molar-refractivity contribution in [3.05, 3.63) is 33.2 Å². The number of rotatable bonds is 2. The standard InChI is InChI=1S/C10H10BrN3S/c1-6-3-4-8(7(2)5-6)12-10-14-13-9(11)15-10/h3-5H,1-2H3,(H,12,14). The normalized spacial score (nSPS) is 10.3. The van der Waals surface area contributed by atoms with Crippen LogP contribution < -0.4 is 5.32 Å². The van der Waals surface area contributed by atoms with Crippen LogP contribution in [0.3, 0.4) is 0 Å². The molecular weight excluding hydrogens is 274 g/mol. The van der Waals surface area contributed by atoms with Crippen molar-refractivity contribution in [1.82, 2.24) is 10.2 Å². The van der Waals surface area contributed by atoms with Gasteiger partial charge in [-0.2, -0.15) is 0 Å². The lowest BCUT2D eigenvalue weighted by atomic mass is 10.1. The Morgan fingerprint density at radius 2 is 2.07 bits per heavy atom. The van der Waals surface area contributed by atoms with Crippen molar-refractivity contribution in [1.29, 1.82) is 0 Å². The summed E-state index contributed by atoms with van der Waals surface area (Å²) in [5.41, 5.74) is 3.54. The van der Waals surface area contributed by atoms with E-state index < -0.39 is 0 Å². The fourth-order valence-electron chi connectivity index (χ4n) is 1.32. The Labute approximate surface area is 101 Å². The SMILES string of the molecule is Cc1ccc(Nc2nnc(Br)s2)c(C)c1. The number of anilines is 2. The van der Waals surface area contributed by atoms with Gasteiger partial charge in [-0.05, 0) is 41.4 Å². The summed E-state index contributed by atoms with van der Waals surface area (Å²) in [6.07, 6.45) is 0. The van der Waals surface area contributed by atoms with Crippen molar-refractivity contribution < 1.29 is 0 Å². The van der Waals surface area contributed by atoms with Gasteiger partial charge in [0.05, 0.1) is 0 Å². The second kappa shape index (κ2) is 4.28. The minimum atomic E-state index is 0.787. The Morgan fingerprint density at radius 3 is 2.67 bits per heavy atom. The molecule has 0 atom stereocenters. The third kappa shape index (κ3) is 2.54. The molecule has 0 bridgehead atoms. The van der Waals surface area contributed by atoms with Crippen LogP contribution in [0.5, 0.6) is 0 Å². The molecule has 2 aromatic rings. The molecule has 1 aromatic carbocycles. The summed E-state index contributed by atoms with van der Waals surface area (Å²) < 4.78 is 0.787. The van der Waals surface area contributed by atoms with Gasteiger partial charge in [-0.15, -0.1) is 10.2 Å². The maximum Gasteiger partial charge on any atom is 0.210 e. The van der Waals surface area contributed by atoms with Crippen LogP contribution in [0.15, 0.2) is 22.1 Å². The lowest BCUT2D eigenvalue weighted by molar-refractivity contribution is 1.07. The number of hydrogen-bond donors (Lipinski definition) is 1. The van der Waals surface area contributed by atoms with Crippen molar-refractivity contribution in [2.24, 2.45) is 0 Å². The van der Waals surface area contributed by atoms with E-state index in [1.807, 2.05) is 0 Å². The second-order valence-electron chi connectivity index (χ2n) is 3.30. The Balaban J connectivity index is 2.24.